The number of aryl methyl sites for hydroxylation is 1. The van der Waals surface area contributed by atoms with Gasteiger partial charge in [0.05, 0.1) is 31.3 Å². The number of nitrogens with zero attached hydrogens (tertiary/aromatic N) is 4. The number of carbonyl (C=O) groups is 1. The molecule has 3 heterocycles. The summed E-state index contributed by atoms with van der Waals surface area (Å²) < 4.78 is 6.90. The normalized spacial score (nSPS) is 11.1. The summed E-state index contributed by atoms with van der Waals surface area (Å²) in [7, 11) is 0. The lowest BCUT2D eigenvalue weighted by atomic mass is 10.0. The average molecular weight is 506 g/mol. The molecule has 0 aliphatic carbocycles. The lowest BCUT2D eigenvalue weighted by molar-refractivity contribution is -0.384. The van der Waals surface area contributed by atoms with Gasteiger partial charge in [-0.05, 0) is 25.1 Å². The van der Waals surface area contributed by atoms with E-state index in [1.54, 1.807) is 13.0 Å². The zero-order valence-corrected chi connectivity index (χ0v) is 19.1. The highest BCUT2D eigenvalue weighted by Gasteiger charge is 2.33. The quantitative estimate of drug-likeness (QED) is 0.180. The van der Waals surface area contributed by atoms with Crippen molar-refractivity contribution in [1.29, 1.82) is 0 Å². The highest BCUT2D eigenvalue weighted by molar-refractivity contribution is 7.20. The third-order valence-electron chi connectivity index (χ3n) is 5.41. The summed E-state index contributed by atoms with van der Waals surface area (Å²) in [5.74, 6) is -1.97. The maximum atomic E-state index is 13.4. The first-order valence-electron chi connectivity index (χ1n) is 10.2. The predicted molar refractivity (Wildman–Crippen MR) is 128 cm³/mol. The standard InChI is InChI=1S/C23H14N4O8S/c1-11-5-8-16(35-11)20(28)18-19(12-3-2-4-13(9-12)26(31)32)25(22(30)21(18)29)23-24-15-7-6-14(27(33)34)10-17(15)36-23/h2-10,29-30H,1H3. The number of hydrogen-bond donors (Lipinski definition) is 2. The lowest BCUT2D eigenvalue weighted by Gasteiger charge is -2.09. The molecule has 2 N–H and O–H groups in total. The van der Waals surface area contributed by atoms with Crippen molar-refractivity contribution < 1.29 is 29.3 Å². The first kappa shape index (κ1) is 22.7. The van der Waals surface area contributed by atoms with Crippen LogP contribution >= 0.6 is 11.3 Å². The molecule has 0 atom stereocenters. The van der Waals surface area contributed by atoms with E-state index in [0.29, 0.717) is 16.0 Å². The van der Waals surface area contributed by atoms with E-state index in [1.165, 1.54) is 48.5 Å². The van der Waals surface area contributed by atoms with E-state index >= 15 is 0 Å². The molecule has 0 unspecified atom stereocenters. The van der Waals surface area contributed by atoms with Crippen molar-refractivity contribution in [3.8, 4) is 28.0 Å². The van der Waals surface area contributed by atoms with Gasteiger partial charge in [-0.1, -0.05) is 23.5 Å². The van der Waals surface area contributed by atoms with Gasteiger partial charge in [0.1, 0.15) is 5.76 Å². The van der Waals surface area contributed by atoms with Crippen LogP contribution in [0.15, 0.2) is 59.0 Å². The second-order valence-electron chi connectivity index (χ2n) is 7.68. The highest BCUT2D eigenvalue weighted by atomic mass is 32.1. The molecule has 0 saturated heterocycles. The van der Waals surface area contributed by atoms with Gasteiger partial charge in [0.15, 0.2) is 16.6 Å². The number of fused-ring (bicyclic) bond motifs is 1. The number of carbonyl (C=O) groups excluding carboxylic acids is 1. The molecule has 12 nitrogen and oxygen atoms in total. The molecular weight excluding hydrogens is 492 g/mol. The van der Waals surface area contributed by atoms with Crippen LogP contribution in [0.4, 0.5) is 11.4 Å². The van der Waals surface area contributed by atoms with Crippen LogP contribution in [-0.4, -0.2) is 35.4 Å². The third kappa shape index (κ3) is 3.63. The molecule has 0 aliphatic rings. The van der Waals surface area contributed by atoms with Crippen molar-refractivity contribution in [2.24, 2.45) is 0 Å². The van der Waals surface area contributed by atoms with Crippen molar-refractivity contribution in [3.63, 3.8) is 0 Å². The number of nitro benzene ring substituents is 2. The van der Waals surface area contributed by atoms with E-state index in [0.717, 1.165) is 15.9 Å². The largest absolute Gasteiger partial charge is 0.503 e. The zero-order valence-electron chi connectivity index (χ0n) is 18.2. The number of non-ortho nitro benzene ring substituents is 2. The molecule has 0 saturated carbocycles. The minimum Gasteiger partial charge on any atom is -0.503 e. The fourth-order valence-corrected chi connectivity index (χ4v) is 4.79. The van der Waals surface area contributed by atoms with Gasteiger partial charge in [0.25, 0.3) is 11.4 Å². The van der Waals surface area contributed by atoms with E-state index in [4.69, 9.17) is 4.42 Å². The summed E-state index contributed by atoms with van der Waals surface area (Å²) in [6.45, 7) is 1.63. The highest BCUT2D eigenvalue weighted by Crippen LogP contribution is 2.46. The van der Waals surface area contributed by atoms with Crippen molar-refractivity contribution in [2.45, 2.75) is 6.92 Å². The van der Waals surface area contributed by atoms with E-state index in [2.05, 4.69) is 4.98 Å². The van der Waals surface area contributed by atoms with Crippen molar-refractivity contribution in [1.82, 2.24) is 9.55 Å². The SMILES string of the molecule is Cc1ccc(C(=O)c2c(O)c(O)n(-c3nc4ccc([N+](=O)[O-])cc4s3)c2-c2cccc([N+](=O)[O-])c2)o1. The number of nitro groups is 2. The Balaban J connectivity index is 1.81. The number of ketones is 1. The van der Waals surface area contributed by atoms with Crippen LogP contribution in [0.5, 0.6) is 11.6 Å². The molecule has 2 aromatic carbocycles. The van der Waals surface area contributed by atoms with Gasteiger partial charge < -0.3 is 14.6 Å². The van der Waals surface area contributed by atoms with E-state index in [-0.39, 0.29) is 39.1 Å². The van der Waals surface area contributed by atoms with Gasteiger partial charge in [-0.25, -0.2) is 4.98 Å². The van der Waals surface area contributed by atoms with Gasteiger partial charge in [-0.15, -0.1) is 0 Å². The Hall–Kier alpha value is -5.04. The molecule has 0 spiro atoms. The Kier molecular flexibility index (Phi) is 5.25. The molecule has 36 heavy (non-hydrogen) atoms. The van der Waals surface area contributed by atoms with Gasteiger partial charge in [0.2, 0.25) is 11.7 Å². The Morgan fingerprint density at radius 1 is 1.03 bits per heavy atom. The maximum absolute atomic E-state index is 13.4. The molecule has 5 rings (SSSR count). The summed E-state index contributed by atoms with van der Waals surface area (Å²) in [5.41, 5.74) is -0.370. The van der Waals surface area contributed by atoms with Gasteiger partial charge in [0, 0.05) is 29.8 Å². The Morgan fingerprint density at radius 3 is 2.42 bits per heavy atom. The van der Waals surface area contributed by atoms with Crippen LogP contribution in [-0.2, 0) is 0 Å². The molecule has 0 radical (unpaired) electrons. The van der Waals surface area contributed by atoms with E-state index < -0.39 is 27.3 Å². The van der Waals surface area contributed by atoms with Crippen LogP contribution in [0.2, 0.25) is 0 Å². The lowest BCUT2D eigenvalue weighted by Crippen LogP contribution is -2.04. The Bertz CT molecular complexity index is 1710. The summed E-state index contributed by atoms with van der Waals surface area (Å²) in [6, 6.07) is 12.3. The summed E-state index contributed by atoms with van der Waals surface area (Å²) in [4.78, 5) is 39.2. The minimum atomic E-state index is -0.777. The number of aromatic hydroxyl groups is 2. The third-order valence-corrected chi connectivity index (χ3v) is 6.41. The van der Waals surface area contributed by atoms with Crippen LogP contribution < -0.4 is 0 Å². The summed E-state index contributed by atoms with van der Waals surface area (Å²) in [5, 5.41) is 44.4. The second-order valence-corrected chi connectivity index (χ2v) is 8.69. The maximum Gasteiger partial charge on any atom is 0.270 e. The van der Waals surface area contributed by atoms with E-state index in [9.17, 15) is 35.2 Å². The Labute approximate surface area is 204 Å². The second kappa shape index (κ2) is 8.32. The molecule has 180 valence electrons. The number of furan rings is 1. The van der Waals surface area contributed by atoms with Crippen molar-refractivity contribution >= 4 is 38.7 Å². The molecule has 3 aromatic heterocycles. The zero-order chi connectivity index (χ0) is 25.7. The molecule has 13 heteroatoms. The van der Waals surface area contributed by atoms with E-state index in [1.807, 2.05) is 0 Å². The Morgan fingerprint density at radius 2 is 1.75 bits per heavy atom. The van der Waals surface area contributed by atoms with Crippen LogP contribution in [0, 0.1) is 27.2 Å². The monoisotopic (exact) mass is 506 g/mol. The fraction of sp³-hybridized carbons (Fsp3) is 0.0435. The van der Waals surface area contributed by atoms with Crippen molar-refractivity contribution in [3.05, 3.63) is 91.9 Å². The average Bonchev–Trinajstić information content (AvgIpc) is 3.54. The van der Waals surface area contributed by atoms with Gasteiger partial charge in [-0.3, -0.25) is 29.6 Å². The van der Waals surface area contributed by atoms with Crippen molar-refractivity contribution in [2.75, 3.05) is 0 Å². The molecule has 0 aliphatic heterocycles. The minimum absolute atomic E-state index is 0.0643. The van der Waals surface area contributed by atoms with Crippen LogP contribution in [0.1, 0.15) is 21.9 Å². The van der Waals surface area contributed by atoms with Gasteiger partial charge in [-0.2, -0.15) is 0 Å². The molecular formula is C23H14N4O8S. The molecule has 0 amide bonds. The topological polar surface area (TPSA) is 175 Å². The fourth-order valence-electron chi connectivity index (χ4n) is 3.78. The number of benzene rings is 2. The molecule has 5 aromatic rings. The summed E-state index contributed by atoms with van der Waals surface area (Å²) in [6.07, 6.45) is 0. The predicted octanol–water partition coefficient (Wildman–Crippen LogP) is 5.11. The van der Waals surface area contributed by atoms with Crippen LogP contribution in [0.3, 0.4) is 0 Å². The number of hydrogen-bond acceptors (Lipinski definition) is 10. The first-order valence-corrected chi connectivity index (χ1v) is 11.0. The van der Waals surface area contributed by atoms with Crippen LogP contribution in [0.25, 0.3) is 26.6 Å². The summed E-state index contributed by atoms with van der Waals surface area (Å²) >= 11 is 0.957. The first-order chi connectivity index (χ1) is 17.2. The van der Waals surface area contributed by atoms with Gasteiger partial charge >= 0.3 is 0 Å². The smallest absolute Gasteiger partial charge is 0.270 e. The molecule has 0 bridgehead atoms. The number of thiazole rings is 1. The molecule has 0 fully saturated rings. The number of rotatable bonds is 6. The number of aromatic nitrogens is 2.